The van der Waals surface area contributed by atoms with E-state index < -0.39 is 0 Å². The lowest BCUT2D eigenvalue weighted by molar-refractivity contribution is 1.09. The van der Waals surface area contributed by atoms with Crippen molar-refractivity contribution in [2.75, 3.05) is 0 Å². The SMILES string of the molecule is C.C.C.C/C=C(\C)CC. The van der Waals surface area contributed by atoms with Crippen LogP contribution in [0.2, 0.25) is 0 Å². The molecule has 0 aliphatic rings. The summed E-state index contributed by atoms with van der Waals surface area (Å²) in [5.41, 5.74) is 1.47. The van der Waals surface area contributed by atoms with Crippen LogP contribution in [0.15, 0.2) is 11.6 Å². The molecule has 0 heterocycles. The molecule has 60 valence electrons. The van der Waals surface area contributed by atoms with Gasteiger partial charge in [0, 0.05) is 0 Å². The number of hydrogen-bond donors (Lipinski definition) is 0. The average molecular weight is 132 g/mol. The van der Waals surface area contributed by atoms with Gasteiger partial charge >= 0.3 is 0 Å². The fraction of sp³-hybridized carbons (Fsp3) is 0.778. The Bertz CT molecular complexity index is 51.1. The summed E-state index contributed by atoms with van der Waals surface area (Å²) < 4.78 is 0. The molecule has 0 heteroatoms. The van der Waals surface area contributed by atoms with Gasteiger partial charge in [-0.3, -0.25) is 0 Å². The van der Waals surface area contributed by atoms with E-state index in [1.54, 1.807) is 0 Å². The molecule has 9 heavy (non-hydrogen) atoms. The largest absolute Gasteiger partial charge is 0.0887 e. The molecule has 0 rings (SSSR count). The van der Waals surface area contributed by atoms with Gasteiger partial charge in [-0.15, -0.1) is 0 Å². The second kappa shape index (κ2) is 15.6. The van der Waals surface area contributed by atoms with Crippen LogP contribution in [0.1, 0.15) is 49.5 Å². The summed E-state index contributed by atoms with van der Waals surface area (Å²) in [5.74, 6) is 0. The molecule has 0 unspecified atom stereocenters. The van der Waals surface area contributed by atoms with E-state index in [0.29, 0.717) is 0 Å². The van der Waals surface area contributed by atoms with Crippen molar-refractivity contribution in [1.29, 1.82) is 0 Å². The van der Waals surface area contributed by atoms with Gasteiger partial charge in [0.2, 0.25) is 0 Å². The third-order valence-corrected chi connectivity index (χ3v) is 1.05. The van der Waals surface area contributed by atoms with Gasteiger partial charge in [-0.1, -0.05) is 40.9 Å². The van der Waals surface area contributed by atoms with Gasteiger partial charge in [-0.05, 0) is 20.3 Å². The van der Waals surface area contributed by atoms with Crippen molar-refractivity contribution < 1.29 is 0 Å². The Morgan fingerprint density at radius 3 is 1.56 bits per heavy atom. The summed E-state index contributed by atoms with van der Waals surface area (Å²) in [6, 6.07) is 0. The summed E-state index contributed by atoms with van der Waals surface area (Å²) in [4.78, 5) is 0. The lowest BCUT2D eigenvalue weighted by Gasteiger charge is -1.85. The second-order valence-electron chi connectivity index (χ2n) is 1.49. The van der Waals surface area contributed by atoms with E-state index in [4.69, 9.17) is 0 Å². The van der Waals surface area contributed by atoms with Crippen LogP contribution in [0.3, 0.4) is 0 Å². The molecule has 0 saturated heterocycles. The van der Waals surface area contributed by atoms with Crippen LogP contribution in [0, 0.1) is 0 Å². The first-order valence-electron chi connectivity index (χ1n) is 2.43. The number of hydrogen-bond acceptors (Lipinski definition) is 0. The molecule has 0 radical (unpaired) electrons. The first-order chi connectivity index (χ1) is 2.81. The summed E-state index contributed by atoms with van der Waals surface area (Å²) in [6.45, 7) is 6.37. The van der Waals surface area contributed by atoms with Crippen LogP contribution >= 0.6 is 0 Å². The second-order valence-corrected chi connectivity index (χ2v) is 1.49. The highest BCUT2D eigenvalue weighted by molar-refractivity contribution is 4.93. The first kappa shape index (κ1) is 23.3. The van der Waals surface area contributed by atoms with E-state index in [0.717, 1.165) is 0 Å². The van der Waals surface area contributed by atoms with E-state index in [2.05, 4.69) is 26.8 Å². The molecule has 0 aromatic heterocycles. The van der Waals surface area contributed by atoms with Crippen LogP contribution in [0.4, 0.5) is 0 Å². The Labute approximate surface area is 62.0 Å². The smallest absolute Gasteiger partial charge is 0.0352 e. The van der Waals surface area contributed by atoms with Crippen LogP contribution in [0.25, 0.3) is 0 Å². The number of rotatable bonds is 1. The molecule has 0 aromatic carbocycles. The van der Waals surface area contributed by atoms with Crippen LogP contribution in [-0.2, 0) is 0 Å². The van der Waals surface area contributed by atoms with E-state index in [9.17, 15) is 0 Å². The zero-order valence-electron chi connectivity index (χ0n) is 4.78. The zero-order valence-corrected chi connectivity index (χ0v) is 4.78. The van der Waals surface area contributed by atoms with Crippen LogP contribution in [0.5, 0.6) is 0 Å². The summed E-state index contributed by atoms with van der Waals surface area (Å²) in [7, 11) is 0. The van der Waals surface area contributed by atoms with Gasteiger partial charge in [0.1, 0.15) is 0 Å². The Morgan fingerprint density at radius 1 is 1.22 bits per heavy atom. The molecule has 0 spiro atoms. The summed E-state index contributed by atoms with van der Waals surface area (Å²) in [5, 5.41) is 0. The average Bonchev–Trinajstić information content (AvgIpc) is 1.65. The molecule has 0 aliphatic carbocycles. The Hall–Kier alpha value is -0.260. The van der Waals surface area contributed by atoms with E-state index in [1.165, 1.54) is 12.0 Å². The zero-order chi connectivity index (χ0) is 4.99. The molecule has 0 saturated carbocycles. The lowest BCUT2D eigenvalue weighted by atomic mass is 10.2. The standard InChI is InChI=1S/C6H12.3CH4/c1-4-6(3)5-2;;;/h4H,5H2,1-3H3;3*1H4/b6-4+;;;. The maximum absolute atomic E-state index is 2.16. The van der Waals surface area contributed by atoms with Crippen molar-refractivity contribution >= 4 is 0 Å². The third-order valence-electron chi connectivity index (χ3n) is 1.05. The summed E-state index contributed by atoms with van der Waals surface area (Å²) in [6.07, 6.45) is 3.33. The van der Waals surface area contributed by atoms with E-state index in [-0.39, 0.29) is 22.3 Å². The van der Waals surface area contributed by atoms with Gasteiger partial charge in [0.25, 0.3) is 0 Å². The normalized spacial score (nSPS) is 8.11. The highest BCUT2D eigenvalue weighted by atomic mass is 13.8. The Kier molecular flexibility index (Phi) is 40.5. The molecule has 0 bridgehead atoms. The predicted molar refractivity (Wildman–Crippen MR) is 49.9 cm³/mol. The molecule has 0 aromatic rings. The van der Waals surface area contributed by atoms with Crippen molar-refractivity contribution in [1.82, 2.24) is 0 Å². The highest BCUT2D eigenvalue weighted by Gasteiger charge is 1.73. The highest BCUT2D eigenvalue weighted by Crippen LogP contribution is 1.94. The molecule has 0 N–H and O–H groups in total. The van der Waals surface area contributed by atoms with Gasteiger partial charge < -0.3 is 0 Å². The maximum Gasteiger partial charge on any atom is -0.0352 e. The molecule has 0 amide bonds. The maximum atomic E-state index is 2.16. The van der Waals surface area contributed by atoms with E-state index in [1.807, 2.05) is 0 Å². The minimum Gasteiger partial charge on any atom is -0.0887 e. The Balaban J connectivity index is -0.0000000417. The molecule has 0 atom stereocenters. The molecule has 0 fully saturated rings. The topological polar surface area (TPSA) is 0 Å². The van der Waals surface area contributed by atoms with Crippen molar-refractivity contribution in [2.45, 2.75) is 49.5 Å². The predicted octanol–water partition coefficient (Wildman–Crippen LogP) is 4.27. The molecule has 0 aliphatic heterocycles. The van der Waals surface area contributed by atoms with Crippen molar-refractivity contribution in [3.8, 4) is 0 Å². The summed E-state index contributed by atoms with van der Waals surface area (Å²) >= 11 is 0. The Morgan fingerprint density at radius 2 is 1.56 bits per heavy atom. The first-order valence-corrected chi connectivity index (χ1v) is 2.43. The van der Waals surface area contributed by atoms with Gasteiger partial charge in [-0.25, -0.2) is 0 Å². The van der Waals surface area contributed by atoms with Gasteiger partial charge in [0.15, 0.2) is 0 Å². The quantitative estimate of drug-likeness (QED) is 0.467. The molecular formula is C9H24. The van der Waals surface area contributed by atoms with Crippen LogP contribution < -0.4 is 0 Å². The van der Waals surface area contributed by atoms with Gasteiger partial charge in [-0.2, -0.15) is 0 Å². The number of allylic oxidation sites excluding steroid dienone is 2. The van der Waals surface area contributed by atoms with Crippen molar-refractivity contribution in [3.63, 3.8) is 0 Å². The third kappa shape index (κ3) is 18.2. The molecule has 0 nitrogen and oxygen atoms in total. The van der Waals surface area contributed by atoms with E-state index >= 15 is 0 Å². The fourth-order valence-electron chi connectivity index (χ4n) is 0.204. The van der Waals surface area contributed by atoms with Gasteiger partial charge in [0.05, 0.1) is 0 Å². The van der Waals surface area contributed by atoms with Crippen molar-refractivity contribution in [3.05, 3.63) is 11.6 Å². The van der Waals surface area contributed by atoms with Crippen LogP contribution in [-0.4, -0.2) is 0 Å². The minimum atomic E-state index is 0. The molecular weight excluding hydrogens is 108 g/mol. The lowest BCUT2D eigenvalue weighted by Crippen LogP contribution is -1.63. The van der Waals surface area contributed by atoms with Crippen molar-refractivity contribution in [2.24, 2.45) is 0 Å². The fourth-order valence-corrected chi connectivity index (χ4v) is 0.204. The minimum absolute atomic E-state index is 0. The monoisotopic (exact) mass is 132 g/mol.